The van der Waals surface area contributed by atoms with Crippen LogP contribution in [0.3, 0.4) is 0 Å². The van der Waals surface area contributed by atoms with Crippen molar-refractivity contribution in [2.45, 2.75) is 44.6 Å². The van der Waals surface area contributed by atoms with E-state index in [9.17, 15) is 0 Å². The zero-order valence-electron chi connectivity index (χ0n) is 12.3. The Labute approximate surface area is 128 Å². The number of rotatable bonds is 6. The summed E-state index contributed by atoms with van der Waals surface area (Å²) in [5, 5.41) is 8.64. The highest BCUT2D eigenvalue weighted by molar-refractivity contribution is 7.09. The van der Waals surface area contributed by atoms with Crippen LogP contribution in [0.2, 0.25) is 0 Å². The van der Waals surface area contributed by atoms with Crippen LogP contribution in [0, 0.1) is 0 Å². The Bertz CT molecular complexity index is 561. The first-order valence-electron chi connectivity index (χ1n) is 7.49. The number of ether oxygens (including phenoxy) is 1. The number of nitrogens with one attached hydrogen (secondary N) is 1. The number of anilines is 2. The predicted molar refractivity (Wildman–Crippen MR) is 83.1 cm³/mol. The fourth-order valence-corrected chi connectivity index (χ4v) is 3.28. The summed E-state index contributed by atoms with van der Waals surface area (Å²) in [5.41, 5.74) is 0. The van der Waals surface area contributed by atoms with Gasteiger partial charge in [-0.1, -0.05) is 19.3 Å². The number of aromatic nitrogens is 4. The lowest BCUT2D eigenvalue weighted by molar-refractivity contribution is 0.201. The van der Waals surface area contributed by atoms with Crippen molar-refractivity contribution in [2.24, 2.45) is 0 Å². The van der Waals surface area contributed by atoms with Crippen molar-refractivity contribution in [2.75, 3.05) is 19.0 Å². The third-order valence-corrected chi connectivity index (χ3v) is 4.46. The first kappa shape index (κ1) is 14.5. The fraction of sp³-hybridized carbons (Fsp3) is 0.643. The van der Waals surface area contributed by atoms with Gasteiger partial charge in [0, 0.05) is 37.3 Å². The average Bonchev–Trinajstić information content (AvgIpc) is 3.16. The first-order valence-corrected chi connectivity index (χ1v) is 8.26. The molecule has 1 N–H and O–H groups in total. The molecule has 114 valence electrons. The maximum Gasteiger partial charge on any atom is 0.208 e. The third-order valence-electron chi connectivity index (χ3n) is 3.79. The fourth-order valence-electron chi connectivity index (χ4n) is 2.66. The van der Waals surface area contributed by atoms with Crippen molar-refractivity contribution in [3.8, 4) is 0 Å². The summed E-state index contributed by atoms with van der Waals surface area (Å²) in [6, 6.07) is 2.56. The van der Waals surface area contributed by atoms with Crippen LogP contribution in [0.1, 0.15) is 44.0 Å². The second kappa shape index (κ2) is 7.00. The molecule has 0 saturated heterocycles. The molecule has 1 fully saturated rings. The van der Waals surface area contributed by atoms with Gasteiger partial charge in [0.15, 0.2) is 5.82 Å². The van der Waals surface area contributed by atoms with Crippen molar-refractivity contribution in [1.29, 1.82) is 0 Å². The van der Waals surface area contributed by atoms with Crippen LogP contribution >= 0.6 is 11.5 Å². The Kier molecular flexibility index (Phi) is 4.82. The lowest BCUT2D eigenvalue weighted by Gasteiger charge is -2.21. The second-order valence-corrected chi connectivity index (χ2v) is 6.11. The SMILES string of the molecule is COCCc1nsc(Nc2ccn(C3CCCCC3)n2)n1. The van der Waals surface area contributed by atoms with E-state index in [4.69, 9.17) is 4.74 Å². The molecule has 0 spiro atoms. The van der Waals surface area contributed by atoms with Gasteiger partial charge in [-0.05, 0) is 12.8 Å². The van der Waals surface area contributed by atoms with Crippen LogP contribution in [0.25, 0.3) is 0 Å². The minimum atomic E-state index is 0.556. The predicted octanol–water partition coefficient (Wildman–Crippen LogP) is 3.17. The van der Waals surface area contributed by atoms with E-state index < -0.39 is 0 Å². The quantitative estimate of drug-likeness (QED) is 0.888. The van der Waals surface area contributed by atoms with Crippen LogP contribution in [0.5, 0.6) is 0 Å². The Morgan fingerprint density at radius 1 is 1.38 bits per heavy atom. The standard InChI is InChI=1S/C14H21N5OS/c1-20-10-8-13-16-14(21-18-13)15-12-7-9-19(17-12)11-5-3-2-4-6-11/h7,9,11H,2-6,8,10H2,1H3,(H,15,16,17,18). The molecule has 2 heterocycles. The molecule has 1 aliphatic rings. The van der Waals surface area contributed by atoms with Gasteiger partial charge >= 0.3 is 0 Å². The topological polar surface area (TPSA) is 64.9 Å². The monoisotopic (exact) mass is 307 g/mol. The van der Waals surface area contributed by atoms with Crippen LogP contribution in [-0.2, 0) is 11.2 Å². The van der Waals surface area contributed by atoms with Crippen LogP contribution < -0.4 is 5.32 Å². The van der Waals surface area contributed by atoms with E-state index in [0.717, 1.165) is 23.2 Å². The van der Waals surface area contributed by atoms with Gasteiger partial charge in [-0.2, -0.15) is 9.47 Å². The molecule has 7 heteroatoms. The first-order chi connectivity index (χ1) is 10.3. The van der Waals surface area contributed by atoms with Gasteiger partial charge < -0.3 is 10.1 Å². The molecule has 21 heavy (non-hydrogen) atoms. The van der Waals surface area contributed by atoms with Gasteiger partial charge in [-0.15, -0.1) is 0 Å². The lowest BCUT2D eigenvalue weighted by Crippen LogP contribution is -2.13. The van der Waals surface area contributed by atoms with Crippen LogP contribution in [-0.4, -0.2) is 32.9 Å². The van der Waals surface area contributed by atoms with Crippen molar-refractivity contribution >= 4 is 22.5 Å². The number of hydrogen-bond donors (Lipinski definition) is 1. The van der Waals surface area contributed by atoms with Crippen molar-refractivity contribution in [3.63, 3.8) is 0 Å². The molecule has 1 saturated carbocycles. The highest BCUT2D eigenvalue weighted by atomic mass is 32.1. The molecule has 0 atom stereocenters. The molecule has 2 aromatic rings. The Hall–Kier alpha value is -1.47. The summed E-state index contributed by atoms with van der Waals surface area (Å²) >= 11 is 1.36. The number of nitrogens with zero attached hydrogens (tertiary/aromatic N) is 4. The van der Waals surface area contributed by atoms with Crippen molar-refractivity contribution in [1.82, 2.24) is 19.1 Å². The van der Waals surface area contributed by atoms with Crippen LogP contribution in [0.4, 0.5) is 10.9 Å². The minimum Gasteiger partial charge on any atom is -0.384 e. The molecule has 0 bridgehead atoms. The molecular weight excluding hydrogens is 286 g/mol. The van der Waals surface area contributed by atoms with E-state index in [1.54, 1.807) is 7.11 Å². The van der Waals surface area contributed by atoms with Gasteiger partial charge in [-0.3, -0.25) is 4.68 Å². The maximum absolute atomic E-state index is 5.03. The number of methoxy groups -OCH3 is 1. The molecule has 3 rings (SSSR count). The van der Waals surface area contributed by atoms with Gasteiger partial charge in [0.25, 0.3) is 0 Å². The molecule has 1 aliphatic carbocycles. The maximum atomic E-state index is 5.03. The summed E-state index contributed by atoms with van der Waals surface area (Å²) in [6.45, 7) is 0.645. The summed E-state index contributed by atoms with van der Waals surface area (Å²) in [5.74, 6) is 1.66. The zero-order valence-corrected chi connectivity index (χ0v) is 13.1. The zero-order chi connectivity index (χ0) is 14.5. The molecule has 6 nitrogen and oxygen atoms in total. The third kappa shape index (κ3) is 3.79. The summed E-state index contributed by atoms with van der Waals surface area (Å²) < 4.78 is 11.4. The van der Waals surface area contributed by atoms with Crippen molar-refractivity contribution in [3.05, 3.63) is 18.1 Å². The van der Waals surface area contributed by atoms with Crippen molar-refractivity contribution < 1.29 is 4.74 Å². The van der Waals surface area contributed by atoms with E-state index in [2.05, 4.69) is 30.7 Å². The highest BCUT2D eigenvalue weighted by Crippen LogP contribution is 2.28. The van der Waals surface area contributed by atoms with E-state index in [-0.39, 0.29) is 0 Å². The highest BCUT2D eigenvalue weighted by Gasteiger charge is 2.16. The van der Waals surface area contributed by atoms with E-state index in [1.165, 1.54) is 43.6 Å². The smallest absolute Gasteiger partial charge is 0.208 e. The summed E-state index contributed by atoms with van der Waals surface area (Å²) in [7, 11) is 1.68. The normalized spacial score (nSPS) is 16.2. The van der Waals surface area contributed by atoms with E-state index in [1.807, 2.05) is 6.07 Å². The minimum absolute atomic E-state index is 0.556. The largest absolute Gasteiger partial charge is 0.384 e. The molecular formula is C14H21N5OS. The Morgan fingerprint density at radius 2 is 2.24 bits per heavy atom. The van der Waals surface area contributed by atoms with Crippen LogP contribution in [0.15, 0.2) is 12.3 Å². The second-order valence-electron chi connectivity index (χ2n) is 5.36. The molecule has 0 aliphatic heterocycles. The van der Waals surface area contributed by atoms with Gasteiger partial charge in [0.2, 0.25) is 5.13 Å². The molecule has 0 amide bonds. The average molecular weight is 307 g/mol. The molecule has 0 aromatic carbocycles. The summed E-state index contributed by atoms with van der Waals surface area (Å²) in [6.07, 6.45) is 9.26. The Morgan fingerprint density at radius 3 is 3.05 bits per heavy atom. The molecule has 2 aromatic heterocycles. The van der Waals surface area contributed by atoms with E-state index in [0.29, 0.717) is 12.6 Å². The number of hydrogen-bond acceptors (Lipinski definition) is 6. The van der Waals surface area contributed by atoms with Gasteiger partial charge in [0.1, 0.15) is 5.82 Å². The lowest BCUT2D eigenvalue weighted by atomic mass is 9.96. The molecule has 0 radical (unpaired) electrons. The van der Waals surface area contributed by atoms with E-state index >= 15 is 0 Å². The van der Waals surface area contributed by atoms with Gasteiger partial charge in [0.05, 0.1) is 12.6 Å². The Balaban J connectivity index is 1.59. The van der Waals surface area contributed by atoms with Gasteiger partial charge in [-0.25, -0.2) is 4.98 Å². The molecule has 0 unspecified atom stereocenters. The summed E-state index contributed by atoms with van der Waals surface area (Å²) in [4.78, 5) is 4.43.